The molecule has 10 rings (SSSR count). The summed E-state index contributed by atoms with van der Waals surface area (Å²) in [6.45, 7) is 7.31. The van der Waals surface area contributed by atoms with Crippen molar-refractivity contribution in [2.24, 2.45) is 18.7 Å². The van der Waals surface area contributed by atoms with E-state index in [1.54, 1.807) is 12.1 Å². The quantitative estimate of drug-likeness (QED) is 0.121. The van der Waals surface area contributed by atoms with Gasteiger partial charge in [-0.15, -0.1) is 11.3 Å². The number of pyridine rings is 1. The minimum absolute atomic E-state index is 0.00459. The fourth-order valence-electron chi connectivity index (χ4n) is 10.3. The van der Waals surface area contributed by atoms with Crippen molar-refractivity contribution in [1.29, 1.82) is 0 Å². The zero-order valence-corrected chi connectivity index (χ0v) is 35.7. The second-order valence-electron chi connectivity index (χ2n) is 17.6. The molecule has 62 heavy (non-hydrogen) atoms. The highest BCUT2D eigenvalue weighted by Crippen LogP contribution is 2.44. The predicted molar refractivity (Wildman–Crippen MR) is 240 cm³/mol. The Hall–Kier alpha value is -5.93. The first-order valence-corrected chi connectivity index (χ1v) is 22.6. The molecule has 3 fully saturated rings. The first-order chi connectivity index (χ1) is 30.0. The Morgan fingerprint density at radius 3 is 2.52 bits per heavy atom. The molecule has 15 heteroatoms. The van der Waals surface area contributed by atoms with Gasteiger partial charge in [0.1, 0.15) is 10.7 Å². The number of imide groups is 1. The van der Waals surface area contributed by atoms with Crippen LogP contribution in [0.2, 0.25) is 0 Å². The number of aromatic nitrogens is 3. The van der Waals surface area contributed by atoms with E-state index in [0.717, 1.165) is 108 Å². The number of aryl methyl sites for hydroxylation is 1. The number of thiophene rings is 1. The van der Waals surface area contributed by atoms with Gasteiger partial charge < -0.3 is 21.3 Å². The molecule has 2 saturated heterocycles. The van der Waals surface area contributed by atoms with Crippen LogP contribution in [0.5, 0.6) is 0 Å². The third-order valence-corrected chi connectivity index (χ3v) is 14.8. The summed E-state index contributed by atoms with van der Waals surface area (Å²) in [4.78, 5) is 60.5. The normalized spacial score (nSPS) is 22.4. The number of rotatable bonds is 8. The molecular weight excluding hydrogens is 806 g/mol. The van der Waals surface area contributed by atoms with Gasteiger partial charge >= 0.3 is 0 Å². The third kappa shape index (κ3) is 7.24. The first kappa shape index (κ1) is 40.2. The number of amides is 4. The molecule has 1 unspecified atom stereocenters. The topological polar surface area (TPSA) is 168 Å². The number of nitrogens with one attached hydrogen (secondary N) is 3. The highest BCUT2D eigenvalue weighted by molar-refractivity contribution is 7.21. The molecule has 320 valence electrons. The number of carbonyl (C=O) groups excluding carboxylic acids is 4. The molecule has 2 atom stereocenters. The van der Waals surface area contributed by atoms with E-state index in [-0.39, 0.29) is 35.2 Å². The lowest BCUT2D eigenvalue weighted by molar-refractivity contribution is -0.134. The van der Waals surface area contributed by atoms with Crippen LogP contribution < -0.4 is 26.6 Å². The maximum absolute atomic E-state index is 16.8. The van der Waals surface area contributed by atoms with Crippen LogP contribution in [0.15, 0.2) is 54.6 Å². The summed E-state index contributed by atoms with van der Waals surface area (Å²) in [6.07, 6.45) is 5.35. The molecule has 13 nitrogen and oxygen atoms in total. The van der Waals surface area contributed by atoms with E-state index in [4.69, 9.17) is 15.8 Å². The third-order valence-electron chi connectivity index (χ3n) is 13.7. The van der Waals surface area contributed by atoms with Crippen LogP contribution in [0, 0.1) is 11.7 Å². The van der Waals surface area contributed by atoms with E-state index < -0.39 is 17.6 Å². The summed E-state index contributed by atoms with van der Waals surface area (Å²) in [6, 6.07) is 17.3. The molecular formula is C47H50FN9O4S. The van der Waals surface area contributed by atoms with Crippen LogP contribution in [0.4, 0.5) is 15.8 Å². The Morgan fingerprint density at radius 1 is 0.952 bits per heavy atom. The summed E-state index contributed by atoms with van der Waals surface area (Å²) in [7, 11) is 1.90. The highest BCUT2D eigenvalue weighted by atomic mass is 32.1. The van der Waals surface area contributed by atoms with Crippen LogP contribution >= 0.6 is 11.3 Å². The number of carbonyl (C=O) groups is 4. The second kappa shape index (κ2) is 16.1. The van der Waals surface area contributed by atoms with Gasteiger partial charge in [0.2, 0.25) is 17.7 Å². The van der Waals surface area contributed by atoms with Gasteiger partial charge in [-0.25, -0.2) is 9.37 Å². The summed E-state index contributed by atoms with van der Waals surface area (Å²) < 4.78 is 19.6. The molecule has 5 N–H and O–H groups in total. The zero-order valence-electron chi connectivity index (χ0n) is 34.9. The number of piperidine rings is 1. The van der Waals surface area contributed by atoms with Gasteiger partial charge in [-0.05, 0) is 118 Å². The first-order valence-electron chi connectivity index (χ1n) is 21.8. The molecule has 0 radical (unpaired) electrons. The number of nitrogens with two attached hydrogens (primary N) is 1. The van der Waals surface area contributed by atoms with Crippen molar-refractivity contribution in [2.45, 2.75) is 69.7 Å². The van der Waals surface area contributed by atoms with E-state index in [1.165, 1.54) is 11.3 Å². The van der Waals surface area contributed by atoms with E-state index in [2.05, 4.69) is 43.9 Å². The minimum Gasteiger partial charge on any atom is -0.381 e. The minimum atomic E-state index is -0.623. The van der Waals surface area contributed by atoms with Gasteiger partial charge in [-0.1, -0.05) is 0 Å². The number of nitrogens with zero attached hydrogens (tertiary/aromatic N) is 5. The molecule has 0 spiro atoms. The molecule has 4 amide bonds. The number of piperazine rings is 1. The lowest BCUT2D eigenvalue weighted by atomic mass is 9.75. The number of hydrogen-bond donors (Lipinski definition) is 4. The number of primary amides is 1. The van der Waals surface area contributed by atoms with E-state index >= 15 is 4.39 Å². The van der Waals surface area contributed by atoms with Gasteiger partial charge in [-0.3, -0.25) is 34.1 Å². The maximum atomic E-state index is 16.8. The largest absolute Gasteiger partial charge is 0.381 e. The Bertz CT molecular complexity index is 2800. The van der Waals surface area contributed by atoms with Gasteiger partial charge in [0.05, 0.1) is 34.0 Å². The lowest BCUT2D eigenvalue weighted by Gasteiger charge is -2.37. The Labute approximate surface area is 362 Å². The van der Waals surface area contributed by atoms with E-state index in [9.17, 15) is 19.2 Å². The zero-order chi connectivity index (χ0) is 42.8. The van der Waals surface area contributed by atoms with E-state index in [0.29, 0.717) is 52.5 Å². The van der Waals surface area contributed by atoms with Crippen molar-refractivity contribution < 1.29 is 23.6 Å². The summed E-state index contributed by atoms with van der Waals surface area (Å²) in [5, 5.41) is 16.4. The fourth-order valence-corrected chi connectivity index (χ4v) is 11.4. The summed E-state index contributed by atoms with van der Waals surface area (Å²) in [5.41, 5.74) is 11.7. The molecule has 0 bridgehead atoms. The monoisotopic (exact) mass is 855 g/mol. The van der Waals surface area contributed by atoms with Crippen LogP contribution in [0.1, 0.15) is 95.0 Å². The smallest absolute Gasteiger partial charge is 0.263 e. The van der Waals surface area contributed by atoms with Crippen LogP contribution in [0.3, 0.4) is 0 Å². The number of benzene rings is 3. The molecule has 6 aromatic rings. The van der Waals surface area contributed by atoms with Crippen molar-refractivity contribution in [3.8, 4) is 11.3 Å². The van der Waals surface area contributed by atoms with Crippen molar-refractivity contribution in [2.75, 3.05) is 49.5 Å². The van der Waals surface area contributed by atoms with E-state index in [1.807, 2.05) is 42.9 Å². The molecule has 6 heterocycles. The van der Waals surface area contributed by atoms with Crippen molar-refractivity contribution in [3.05, 3.63) is 82.1 Å². The maximum Gasteiger partial charge on any atom is 0.263 e. The molecule has 3 aliphatic heterocycles. The lowest BCUT2D eigenvalue weighted by Crippen LogP contribution is -2.47. The van der Waals surface area contributed by atoms with Gasteiger partial charge in [-0.2, -0.15) is 5.10 Å². The highest BCUT2D eigenvalue weighted by Gasteiger charge is 2.33. The standard InChI is InChI=1S/C47H50FN9O4S/c1-25-24-50-43-40-29-11-13-35(52-34(29)14-15-37(40)62-44(43)47(61)51-25)30-9-10-32(45(49)59)39(41(30)48)27-5-3-26(4-6-27)17-18-56-19-21-57(22-20-56)28-7-8-31-36(23-28)55(2)54-42(31)33-12-16-38(58)53-46(33)60/h7-11,13-15,23,25-27,33,50H,3-6,12,16-22,24H2,1-2H3,(H2,49,59)(H,51,61)(H,53,58,60)/t25-,26-,27-,33?/m1/s1. The molecule has 1 saturated carbocycles. The molecule has 3 aromatic carbocycles. The van der Waals surface area contributed by atoms with Crippen molar-refractivity contribution in [3.63, 3.8) is 0 Å². The number of halogens is 1. The number of fused-ring (bicyclic) bond motifs is 6. The average molecular weight is 856 g/mol. The fraction of sp³-hybridized carbons (Fsp3) is 0.404. The SMILES string of the molecule is C[C@@H]1CNc2c(sc3ccc4nc(-c5ccc(C(N)=O)c([C@H]6CC[C@H](CCN7CCN(c8ccc9c(C%10CCC(=O)NC%10=O)nn(C)c9c8)CC7)CC6)c5F)ccc4c23)C(=O)N1. The van der Waals surface area contributed by atoms with Crippen LogP contribution in [0.25, 0.3) is 43.1 Å². The predicted octanol–water partition coefficient (Wildman–Crippen LogP) is 6.79. The van der Waals surface area contributed by atoms with Crippen molar-refractivity contribution >= 4 is 78.2 Å². The van der Waals surface area contributed by atoms with Crippen LogP contribution in [-0.4, -0.2) is 88.6 Å². The summed E-state index contributed by atoms with van der Waals surface area (Å²) in [5.74, 6) is -1.66. The van der Waals surface area contributed by atoms with Gasteiger partial charge in [0.25, 0.3) is 5.91 Å². The Kier molecular flexibility index (Phi) is 10.4. The molecule has 1 aliphatic carbocycles. The Morgan fingerprint density at radius 2 is 1.74 bits per heavy atom. The number of hydrogen-bond acceptors (Lipinski definition) is 10. The molecule has 3 aromatic heterocycles. The molecule has 4 aliphatic rings. The van der Waals surface area contributed by atoms with Gasteiger partial charge in [0.15, 0.2) is 0 Å². The Balaban J connectivity index is 0.781. The van der Waals surface area contributed by atoms with Crippen molar-refractivity contribution in [1.82, 2.24) is 30.3 Å². The van der Waals surface area contributed by atoms with Gasteiger partial charge in [0, 0.05) is 95.5 Å². The summed E-state index contributed by atoms with van der Waals surface area (Å²) >= 11 is 1.45. The number of anilines is 2. The second-order valence-corrected chi connectivity index (χ2v) is 18.6. The average Bonchev–Trinajstić information content (AvgIpc) is 3.77. The van der Waals surface area contributed by atoms with Crippen LogP contribution in [-0.2, 0) is 16.6 Å².